The van der Waals surface area contributed by atoms with Crippen molar-refractivity contribution in [3.8, 4) is 6.07 Å². The Bertz CT molecular complexity index is 421. The predicted molar refractivity (Wildman–Crippen MR) is 63.4 cm³/mol. The summed E-state index contributed by atoms with van der Waals surface area (Å²) < 4.78 is 5.19. The van der Waals surface area contributed by atoms with Crippen LogP contribution in [0.5, 0.6) is 0 Å². The highest BCUT2D eigenvalue weighted by atomic mass is 35.5. The van der Waals surface area contributed by atoms with Gasteiger partial charge in [0.15, 0.2) is 0 Å². The summed E-state index contributed by atoms with van der Waals surface area (Å²) in [6.07, 6.45) is 1.57. The van der Waals surface area contributed by atoms with E-state index in [2.05, 4.69) is 11.4 Å². The van der Waals surface area contributed by atoms with Crippen molar-refractivity contribution in [1.29, 1.82) is 5.26 Å². The molecule has 3 nitrogen and oxygen atoms in total. The smallest absolute Gasteiger partial charge is 0.130 e. The number of anilines is 1. The molecule has 0 aromatic heterocycles. The van der Waals surface area contributed by atoms with Crippen LogP contribution in [0, 0.1) is 11.3 Å². The molecular formula is C12H13ClN2O. The highest BCUT2D eigenvalue weighted by Gasteiger charge is 2.45. The van der Waals surface area contributed by atoms with Gasteiger partial charge in [-0.2, -0.15) is 5.26 Å². The van der Waals surface area contributed by atoms with Crippen molar-refractivity contribution in [1.82, 2.24) is 0 Å². The molecule has 0 aliphatic heterocycles. The second-order valence-electron chi connectivity index (χ2n) is 4.06. The molecule has 1 N–H and O–H groups in total. The minimum atomic E-state index is -0.522. The zero-order valence-corrected chi connectivity index (χ0v) is 9.79. The Morgan fingerprint density at radius 2 is 2.19 bits per heavy atom. The molecule has 1 aromatic carbocycles. The summed E-state index contributed by atoms with van der Waals surface area (Å²) in [7, 11) is 1.67. The maximum absolute atomic E-state index is 9.19. The first-order chi connectivity index (χ1) is 7.69. The summed E-state index contributed by atoms with van der Waals surface area (Å²) in [5, 5.41) is 13.0. The Kier molecular flexibility index (Phi) is 3.04. The molecule has 0 spiro atoms. The van der Waals surface area contributed by atoms with Gasteiger partial charge in [-0.25, -0.2) is 0 Å². The molecule has 1 aromatic rings. The fraction of sp³-hybridized carbons (Fsp3) is 0.417. The Labute approximate surface area is 100.0 Å². The van der Waals surface area contributed by atoms with Gasteiger partial charge in [-0.3, -0.25) is 0 Å². The predicted octanol–water partition coefficient (Wildman–Crippen LogP) is 2.82. The maximum Gasteiger partial charge on any atom is 0.130 e. The van der Waals surface area contributed by atoms with Crippen LogP contribution in [0.4, 0.5) is 5.69 Å². The number of nitriles is 1. The van der Waals surface area contributed by atoms with Gasteiger partial charge < -0.3 is 10.1 Å². The Hall–Kier alpha value is -1.24. The van der Waals surface area contributed by atoms with Crippen LogP contribution >= 0.6 is 11.6 Å². The third-order valence-electron chi connectivity index (χ3n) is 2.95. The second-order valence-corrected chi connectivity index (χ2v) is 4.47. The topological polar surface area (TPSA) is 45.0 Å². The van der Waals surface area contributed by atoms with E-state index in [9.17, 15) is 5.26 Å². The Morgan fingerprint density at radius 3 is 2.75 bits per heavy atom. The van der Waals surface area contributed by atoms with E-state index in [-0.39, 0.29) is 6.10 Å². The minimum absolute atomic E-state index is 0.176. The number of para-hydroxylation sites is 1. The molecule has 0 heterocycles. The number of methoxy groups -OCH3 is 1. The molecule has 84 valence electrons. The number of rotatable bonds is 3. The van der Waals surface area contributed by atoms with Crippen LogP contribution in [-0.4, -0.2) is 18.8 Å². The van der Waals surface area contributed by atoms with E-state index in [0.29, 0.717) is 17.9 Å². The third-order valence-corrected chi connectivity index (χ3v) is 3.28. The molecule has 1 aliphatic carbocycles. The average molecular weight is 237 g/mol. The number of benzene rings is 1. The molecule has 0 amide bonds. The molecule has 0 radical (unpaired) electrons. The average Bonchev–Trinajstić information content (AvgIpc) is 2.25. The molecule has 4 heteroatoms. The molecule has 2 rings (SSSR count). The van der Waals surface area contributed by atoms with E-state index >= 15 is 0 Å². The highest BCUT2D eigenvalue weighted by Crippen LogP contribution is 2.38. The third kappa shape index (κ3) is 1.99. The van der Waals surface area contributed by atoms with Gasteiger partial charge >= 0.3 is 0 Å². The van der Waals surface area contributed by atoms with Crippen LogP contribution in [0.15, 0.2) is 24.3 Å². The maximum atomic E-state index is 9.19. The second kappa shape index (κ2) is 4.32. The van der Waals surface area contributed by atoms with Crippen molar-refractivity contribution in [3.63, 3.8) is 0 Å². The van der Waals surface area contributed by atoms with Gasteiger partial charge in [-0.1, -0.05) is 23.7 Å². The number of hydrogen-bond acceptors (Lipinski definition) is 3. The quantitative estimate of drug-likeness (QED) is 0.878. The van der Waals surface area contributed by atoms with Crippen molar-refractivity contribution in [3.05, 3.63) is 29.3 Å². The lowest BCUT2D eigenvalue weighted by atomic mass is 9.75. The summed E-state index contributed by atoms with van der Waals surface area (Å²) in [5.41, 5.74) is 0.284. The highest BCUT2D eigenvalue weighted by molar-refractivity contribution is 6.33. The molecule has 1 saturated carbocycles. The number of ether oxygens (including phenoxy) is 1. The van der Waals surface area contributed by atoms with E-state index in [0.717, 1.165) is 5.69 Å². The molecule has 1 fully saturated rings. The van der Waals surface area contributed by atoms with Crippen LogP contribution in [0.2, 0.25) is 5.02 Å². The zero-order chi connectivity index (χ0) is 11.6. The summed E-state index contributed by atoms with van der Waals surface area (Å²) in [5.74, 6) is 0. The van der Waals surface area contributed by atoms with Gasteiger partial charge in [0.25, 0.3) is 0 Å². The van der Waals surface area contributed by atoms with E-state index in [4.69, 9.17) is 16.3 Å². The summed E-state index contributed by atoms with van der Waals surface area (Å²) in [6.45, 7) is 0. The van der Waals surface area contributed by atoms with Crippen molar-refractivity contribution < 1.29 is 4.74 Å². The van der Waals surface area contributed by atoms with Crippen molar-refractivity contribution >= 4 is 17.3 Å². The molecule has 16 heavy (non-hydrogen) atoms. The lowest BCUT2D eigenvalue weighted by Crippen LogP contribution is -2.52. The van der Waals surface area contributed by atoms with E-state index < -0.39 is 5.54 Å². The van der Waals surface area contributed by atoms with Gasteiger partial charge in [0.2, 0.25) is 0 Å². The fourth-order valence-corrected chi connectivity index (χ4v) is 2.11. The first kappa shape index (κ1) is 11.3. The lowest BCUT2D eigenvalue weighted by molar-refractivity contribution is 0.0129. The fourth-order valence-electron chi connectivity index (χ4n) is 1.93. The summed E-state index contributed by atoms with van der Waals surface area (Å²) >= 11 is 6.04. The van der Waals surface area contributed by atoms with Gasteiger partial charge in [0.05, 0.1) is 22.9 Å². The van der Waals surface area contributed by atoms with Crippen molar-refractivity contribution in [2.45, 2.75) is 24.5 Å². The van der Waals surface area contributed by atoms with Crippen LogP contribution in [0.1, 0.15) is 12.8 Å². The van der Waals surface area contributed by atoms with Crippen LogP contribution < -0.4 is 5.32 Å². The molecule has 0 atom stereocenters. The number of nitrogens with one attached hydrogen (secondary N) is 1. The zero-order valence-electron chi connectivity index (χ0n) is 9.03. The SMILES string of the molecule is COC1CC(C#N)(Nc2ccccc2Cl)C1. The van der Waals surface area contributed by atoms with E-state index in [1.165, 1.54) is 0 Å². The monoisotopic (exact) mass is 236 g/mol. The van der Waals surface area contributed by atoms with Crippen molar-refractivity contribution in [2.75, 3.05) is 12.4 Å². The molecular weight excluding hydrogens is 224 g/mol. The Balaban J connectivity index is 2.10. The van der Waals surface area contributed by atoms with Gasteiger partial charge in [-0.15, -0.1) is 0 Å². The van der Waals surface area contributed by atoms with Gasteiger partial charge in [-0.05, 0) is 12.1 Å². The van der Waals surface area contributed by atoms with Crippen LogP contribution in [-0.2, 0) is 4.74 Å². The molecule has 0 saturated heterocycles. The lowest BCUT2D eigenvalue weighted by Gasteiger charge is -2.42. The largest absolute Gasteiger partial charge is 0.381 e. The van der Waals surface area contributed by atoms with Crippen LogP contribution in [0.3, 0.4) is 0 Å². The van der Waals surface area contributed by atoms with Crippen LogP contribution in [0.25, 0.3) is 0 Å². The van der Waals surface area contributed by atoms with E-state index in [1.807, 2.05) is 18.2 Å². The van der Waals surface area contributed by atoms with Gasteiger partial charge in [0.1, 0.15) is 5.54 Å². The molecule has 0 bridgehead atoms. The first-order valence-electron chi connectivity index (χ1n) is 5.16. The summed E-state index contributed by atoms with van der Waals surface area (Å²) in [6, 6.07) is 9.75. The normalized spacial score (nSPS) is 27.9. The van der Waals surface area contributed by atoms with Gasteiger partial charge in [0, 0.05) is 20.0 Å². The molecule has 1 aliphatic rings. The number of halogens is 1. The minimum Gasteiger partial charge on any atom is -0.381 e. The standard InChI is InChI=1S/C12H13ClN2O/c1-16-9-6-12(7-9,8-14)15-11-5-3-2-4-10(11)13/h2-5,9,15H,6-7H2,1H3. The van der Waals surface area contributed by atoms with Crippen molar-refractivity contribution in [2.24, 2.45) is 0 Å². The first-order valence-corrected chi connectivity index (χ1v) is 5.54. The summed E-state index contributed by atoms with van der Waals surface area (Å²) in [4.78, 5) is 0. The molecule has 0 unspecified atom stereocenters. The number of hydrogen-bond donors (Lipinski definition) is 1. The van der Waals surface area contributed by atoms with E-state index in [1.54, 1.807) is 13.2 Å². The Morgan fingerprint density at radius 1 is 1.50 bits per heavy atom. The number of nitrogens with zero attached hydrogens (tertiary/aromatic N) is 1.